The van der Waals surface area contributed by atoms with Gasteiger partial charge >= 0.3 is 5.97 Å². The number of unbranched alkanes of at least 4 members (excludes halogenated alkanes) is 55. The Hall–Kier alpha value is -1.66. The van der Waals surface area contributed by atoms with Crippen LogP contribution in [0.25, 0.3) is 0 Å². The number of amides is 1. The number of allylic oxidation sites excluding steroid dienone is 4. The summed E-state index contributed by atoms with van der Waals surface area (Å²) >= 11 is 0. The van der Waals surface area contributed by atoms with Gasteiger partial charge in [-0.25, -0.2) is 0 Å². The maximum absolute atomic E-state index is 12.5. The third-order valence-electron chi connectivity index (χ3n) is 17.5. The molecule has 0 heterocycles. The average Bonchev–Trinajstić information content (AvgIpc) is 3.47. The van der Waals surface area contributed by atoms with Gasteiger partial charge in [-0.05, 0) is 57.8 Å². The van der Waals surface area contributed by atoms with E-state index in [1.54, 1.807) is 0 Å². The Balaban J connectivity index is 3.32. The molecule has 0 saturated carbocycles. The lowest BCUT2D eigenvalue weighted by Gasteiger charge is -2.22. The molecule has 1 amide bonds. The quantitative estimate of drug-likeness (QED) is 0.0320. The Morgan fingerprint density at radius 3 is 0.938 bits per heavy atom. The van der Waals surface area contributed by atoms with E-state index in [0.717, 1.165) is 44.9 Å². The highest BCUT2D eigenvalue weighted by atomic mass is 16.5. The lowest BCUT2D eigenvalue weighted by atomic mass is 10.0. The Morgan fingerprint density at radius 2 is 0.617 bits per heavy atom. The average molecular weight is 1140 g/mol. The molecular weight excluding hydrogens is 995 g/mol. The van der Waals surface area contributed by atoms with Crippen LogP contribution >= 0.6 is 0 Å². The third-order valence-corrected chi connectivity index (χ3v) is 17.5. The normalized spacial score (nSPS) is 12.6. The van der Waals surface area contributed by atoms with E-state index in [4.69, 9.17) is 4.74 Å². The van der Waals surface area contributed by atoms with Crippen molar-refractivity contribution in [3.05, 3.63) is 24.3 Å². The highest BCUT2D eigenvalue weighted by molar-refractivity contribution is 5.76. The number of carbonyl (C=O) groups is 2. The molecule has 2 atom stereocenters. The Morgan fingerprint density at radius 1 is 0.346 bits per heavy atom. The molecule has 6 heteroatoms. The second-order valence-electron chi connectivity index (χ2n) is 25.6. The Labute approximate surface area is 507 Å². The predicted molar refractivity (Wildman–Crippen MR) is 356 cm³/mol. The second-order valence-corrected chi connectivity index (χ2v) is 25.6. The first-order valence-corrected chi connectivity index (χ1v) is 37.1. The van der Waals surface area contributed by atoms with Gasteiger partial charge in [0, 0.05) is 12.8 Å². The molecule has 0 spiro atoms. The van der Waals surface area contributed by atoms with Gasteiger partial charge in [-0.3, -0.25) is 9.59 Å². The number of nitrogens with one attached hydrogen (secondary N) is 1. The molecule has 0 radical (unpaired) electrons. The van der Waals surface area contributed by atoms with Crippen LogP contribution in [0.15, 0.2) is 24.3 Å². The number of esters is 1. The molecule has 0 aromatic heterocycles. The molecule has 0 aliphatic heterocycles. The summed E-state index contributed by atoms with van der Waals surface area (Å²) in [5.74, 6) is -0.00848. The van der Waals surface area contributed by atoms with Gasteiger partial charge in [-0.1, -0.05) is 372 Å². The molecule has 3 N–H and O–H groups in total. The van der Waals surface area contributed by atoms with E-state index in [1.807, 2.05) is 0 Å². The third kappa shape index (κ3) is 67.3. The largest absolute Gasteiger partial charge is 0.466 e. The number of rotatable bonds is 70. The SMILES string of the molecule is CCCCCCCCCCCCCCCCCCCC(=O)OCCCCCCCCCCCCCCC/C=C\C/C=C\CCCCCCCCCCCCCCCCCCCC(=O)NC(CO)C(O)CCCCCCCCCCCC. The number of aliphatic hydroxyl groups excluding tert-OH is 2. The minimum atomic E-state index is -0.660. The fraction of sp³-hybridized carbons (Fsp3) is 0.920. The summed E-state index contributed by atoms with van der Waals surface area (Å²) in [4.78, 5) is 24.6. The van der Waals surface area contributed by atoms with E-state index in [2.05, 4.69) is 43.5 Å². The van der Waals surface area contributed by atoms with Crippen molar-refractivity contribution in [1.29, 1.82) is 0 Å². The lowest BCUT2D eigenvalue weighted by Crippen LogP contribution is -2.45. The van der Waals surface area contributed by atoms with Crippen molar-refractivity contribution in [1.82, 2.24) is 5.32 Å². The summed E-state index contributed by atoms with van der Waals surface area (Å²) in [6.45, 7) is 4.98. The summed E-state index contributed by atoms with van der Waals surface area (Å²) < 4.78 is 5.51. The maximum atomic E-state index is 12.5. The van der Waals surface area contributed by atoms with Gasteiger partial charge in [0.15, 0.2) is 0 Å². The fourth-order valence-corrected chi connectivity index (χ4v) is 11.9. The van der Waals surface area contributed by atoms with Crippen LogP contribution in [0.3, 0.4) is 0 Å². The molecule has 0 bridgehead atoms. The van der Waals surface area contributed by atoms with E-state index in [1.165, 1.54) is 340 Å². The number of hydrogen-bond donors (Lipinski definition) is 3. The molecule has 0 aliphatic carbocycles. The zero-order valence-electron chi connectivity index (χ0n) is 55.0. The van der Waals surface area contributed by atoms with Gasteiger partial charge in [-0.15, -0.1) is 0 Å². The van der Waals surface area contributed by atoms with Gasteiger partial charge in [0.25, 0.3) is 0 Å². The molecule has 2 unspecified atom stereocenters. The minimum Gasteiger partial charge on any atom is -0.466 e. The van der Waals surface area contributed by atoms with Crippen LogP contribution in [-0.2, 0) is 14.3 Å². The molecule has 480 valence electrons. The van der Waals surface area contributed by atoms with E-state index in [9.17, 15) is 19.8 Å². The summed E-state index contributed by atoms with van der Waals surface area (Å²) in [5.41, 5.74) is 0. The number of hydrogen-bond acceptors (Lipinski definition) is 5. The topological polar surface area (TPSA) is 95.9 Å². The predicted octanol–water partition coefficient (Wildman–Crippen LogP) is 24.1. The van der Waals surface area contributed by atoms with Crippen LogP contribution in [-0.4, -0.2) is 47.4 Å². The first-order valence-electron chi connectivity index (χ1n) is 37.1. The van der Waals surface area contributed by atoms with E-state index < -0.39 is 12.1 Å². The van der Waals surface area contributed by atoms with E-state index in [-0.39, 0.29) is 18.5 Å². The standard InChI is InChI=1S/C75H145NO5/c1-3-5-7-9-11-13-15-16-17-39-43-46-49-53-57-61-65-69-75(80)81-70-66-62-58-54-50-47-44-41-38-36-34-32-30-28-26-24-22-20-18-19-21-23-25-27-29-31-33-35-37-40-42-45-48-52-56-60-64-68-74(79)76-72(71-77)73(78)67-63-59-55-51-14-12-10-8-6-4-2/h18,20,24,26,72-73,77-78H,3-17,19,21-23,25,27-71H2,1-2H3,(H,76,79)/b20-18-,26-24-. The molecule has 6 nitrogen and oxygen atoms in total. The fourth-order valence-electron chi connectivity index (χ4n) is 11.9. The van der Waals surface area contributed by atoms with Gasteiger partial charge in [0.05, 0.1) is 25.4 Å². The van der Waals surface area contributed by atoms with Gasteiger partial charge in [0.2, 0.25) is 5.91 Å². The van der Waals surface area contributed by atoms with Crippen LogP contribution in [0.1, 0.15) is 418 Å². The molecular formula is C75H145NO5. The Bertz CT molecular complexity index is 1270. The van der Waals surface area contributed by atoms with Crippen LogP contribution < -0.4 is 5.32 Å². The van der Waals surface area contributed by atoms with E-state index in [0.29, 0.717) is 25.9 Å². The van der Waals surface area contributed by atoms with Crippen molar-refractivity contribution in [2.75, 3.05) is 13.2 Å². The highest BCUT2D eigenvalue weighted by Gasteiger charge is 2.20. The highest BCUT2D eigenvalue weighted by Crippen LogP contribution is 2.19. The number of carbonyl (C=O) groups excluding carboxylic acids is 2. The summed E-state index contributed by atoms with van der Waals surface area (Å²) in [5, 5.41) is 23.2. The van der Waals surface area contributed by atoms with Crippen molar-refractivity contribution in [3.8, 4) is 0 Å². The van der Waals surface area contributed by atoms with Crippen LogP contribution in [0.4, 0.5) is 0 Å². The Kier molecular flexibility index (Phi) is 69.4. The van der Waals surface area contributed by atoms with Crippen molar-refractivity contribution >= 4 is 11.9 Å². The summed E-state index contributed by atoms with van der Waals surface area (Å²) in [6.07, 6.45) is 89.8. The smallest absolute Gasteiger partial charge is 0.305 e. The number of aliphatic hydroxyl groups is 2. The molecule has 0 fully saturated rings. The summed E-state index contributed by atoms with van der Waals surface area (Å²) in [7, 11) is 0. The van der Waals surface area contributed by atoms with Crippen molar-refractivity contribution in [3.63, 3.8) is 0 Å². The van der Waals surface area contributed by atoms with Crippen LogP contribution in [0.5, 0.6) is 0 Å². The van der Waals surface area contributed by atoms with Crippen LogP contribution in [0.2, 0.25) is 0 Å². The molecule has 0 aliphatic rings. The monoisotopic (exact) mass is 1140 g/mol. The first-order chi connectivity index (χ1) is 40.0. The summed E-state index contributed by atoms with van der Waals surface area (Å²) in [6, 6.07) is -0.537. The number of ether oxygens (including phenoxy) is 1. The van der Waals surface area contributed by atoms with Crippen molar-refractivity contribution < 1.29 is 24.5 Å². The van der Waals surface area contributed by atoms with Gasteiger partial charge in [-0.2, -0.15) is 0 Å². The first kappa shape index (κ1) is 79.3. The van der Waals surface area contributed by atoms with E-state index >= 15 is 0 Å². The molecule has 81 heavy (non-hydrogen) atoms. The van der Waals surface area contributed by atoms with Gasteiger partial charge < -0.3 is 20.3 Å². The van der Waals surface area contributed by atoms with Crippen molar-refractivity contribution in [2.24, 2.45) is 0 Å². The zero-order valence-corrected chi connectivity index (χ0v) is 55.0. The molecule has 0 aromatic carbocycles. The minimum absolute atomic E-state index is 0.0234. The molecule has 0 rings (SSSR count). The lowest BCUT2D eigenvalue weighted by molar-refractivity contribution is -0.143. The van der Waals surface area contributed by atoms with Crippen molar-refractivity contribution in [2.45, 2.75) is 431 Å². The zero-order chi connectivity index (χ0) is 58.5. The molecule has 0 saturated heterocycles. The maximum Gasteiger partial charge on any atom is 0.305 e. The van der Waals surface area contributed by atoms with Gasteiger partial charge in [0.1, 0.15) is 0 Å². The molecule has 0 aromatic rings. The second kappa shape index (κ2) is 70.8. The van der Waals surface area contributed by atoms with Crippen LogP contribution in [0, 0.1) is 0 Å².